The van der Waals surface area contributed by atoms with Crippen LogP contribution in [0.3, 0.4) is 0 Å². The molecule has 120 valence electrons. The molecule has 0 aromatic carbocycles. The number of hydrogen-bond donors (Lipinski definition) is 1. The molecule has 1 atom stereocenters. The molecule has 1 aromatic heterocycles. The fourth-order valence-electron chi connectivity index (χ4n) is 2.13. The van der Waals surface area contributed by atoms with E-state index in [1.807, 2.05) is 25.2 Å². The molecule has 1 aliphatic rings. The van der Waals surface area contributed by atoms with Crippen LogP contribution in [-0.2, 0) is 23.0 Å². The molecule has 0 amide bonds. The maximum atomic E-state index is 9.19. The van der Waals surface area contributed by atoms with Crippen LogP contribution in [0, 0.1) is 0 Å². The summed E-state index contributed by atoms with van der Waals surface area (Å²) < 4.78 is 25.9. The van der Waals surface area contributed by atoms with Crippen LogP contribution in [0.5, 0.6) is 0 Å². The Morgan fingerprint density at radius 1 is 1.29 bits per heavy atom. The molecular formula is C13H24N4O3S. The second-order valence-electron chi connectivity index (χ2n) is 5.63. The monoisotopic (exact) mass is 316 g/mol. The molecule has 0 saturated heterocycles. The molecule has 0 radical (unpaired) electrons. The third-order valence-electron chi connectivity index (χ3n) is 3.24. The number of aromatic nitrogens is 2. The summed E-state index contributed by atoms with van der Waals surface area (Å²) in [6, 6.07) is 0.640. The summed E-state index contributed by atoms with van der Waals surface area (Å²) >= 11 is 0. The van der Waals surface area contributed by atoms with Gasteiger partial charge in [0, 0.05) is 32.0 Å². The van der Waals surface area contributed by atoms with Crippen molar-refractivity contribution in [2.75, 3.05) is 39.3 Å². The van der Waals surface area contributed by atoms with Gasteiger partial charge in [0.25, 0.3) is 10.1 Å². The number of likely N-dealkylation sites (N-methyl/N-ethyl adjacent to an activating group) is 1. The van der Waals surface area contributed by atoms with Gasteiger partial charge in [0.2, 0.25) is 5.95 Å². The molecule has 1 aliphatic carbocycles. The van der Waals surface area contributed by atoms with E-state index in [9.17, 15) is 8.42 Å². The van der Waals surface area contributed by atoms with Crippen molar-refractivity contribution < 1.29 is 13.0 Å². The molecule has 1 heterocycles. The minimum Gasteiger partial charge on any atom is -0.347 e. The highest BCUT2D eigenvalue weighted by Gasteiger charge is 2.21. The van der Waals surface area contributed by atoms with Crippen LogP contribution in [0.4, 0.5) is 5.95 Å². The van der Waals surface area contributed by atoms with Gasteiger partial charge in [-0.3, -0.25) is 4.55 Å². The van der Waals surface area contributed by atoms with Gasteiger partial charge in [-0.2, -0.15) is 8.42 Å². The first-order valence-electron chi connectivity index (χ1n) is 6.69. The van der Waals surface area contributed by atoms with Crippen molar-refractivity contribution in [2.45, 2.75) is 25.3 Å². The first kappa shape index (κ1) is 17.8. The Hall–Kier alpha value is -1.25. The van der Waals surface area contributed by atoms with Crippen molar-refractivity contribution in [3.63, 3.8) is 0 Å². The summed E-state index contributed by atoms with van der Waals surface area (Å²) in [5.41, 5.74) is 2.55. The van der Waals surface area contributed by atoms with Gasteiger partial charge in [-0.15, -0.1) is 0 Å². The van der Waals surface area contributed by atoms with Crippen LogP contribution in [0.25, 0.3) is 0 Å². The van der Waals surface area contributed by atoms with Gasteiger partial charge in [0.15, 0.2) is 0 Å². The lowest BCUT2D eigenvalue weighted by Gasteiger charge is -2.29. The Labute approximate surface area is 126 Å². The molecule has 1 aromatic rings. The van der Waals surface area contributed by atoms with Crippen molar-refractivity contribution in [2.24, 2.45) is 0 Å². The smallest absolute Gasteiger partial charge is 0.261 e. The lowest BCUT2D eigenvalue weighted by Crippen LogP contribution is -2.34. The largest absolute Gasteiger partial charge is 0.347 e. The molecule has 0 aliphatic heterocycles. The van der Waals surface area contributed by atoms with Gasteiger partial charge in [-0.05, 0) is 38.9 Å². The van der Waals surface area contributed by atoms with Crippen LogP contribution >= 0.6 is 0 Å². The van der Waals surface area contributed by atoms with Crippen molar-refractivity contribution in [1.82, 2.24) is 14.9 Å². The molecule has 0 fully saturated rings. The average molecular weight is 316 g/mol. The number of anilines is 1. The third kappa shape index (κ3) is 6.36. The van der Waals surface area contributed by atoms with Gasteiger partial charge >= 0.3 is 0 Å². The highest BCUT2D eigenvalue weighted by molar-refractivity contribution is 7.85. The number of nitrogens with zero attached hydrogens (tertiary/aromatic N) is 4. The van der Waals surface area contributed by atoms with Crippen molar-refractivity contribution in [3.05, 3.63) is 17.5 Å². The van der Waals surface area contributed by atoms with Crippen LogP contribution in [0.2, 0.25) is 0 Å². The van der Waals surface area contributed by atoms with Crippen LogP contribution in [0.15, 0.2) is 6.20 Å². The summed E-state index contributed by atoms with van der Waals surface area (Å²) in [7, 11) is 4.58. The standard InChI is InChI=1S/C12H20N4.CH4O3S/c1-15(2)10-5-6-11-9(7-10)8-13-12(14-11)16(3)4;1-5(2,3)4/h8,10H,5-7H2,1-4H3;1H3,(H,2,3,4). The quantitative estimate of drug-likeness (QED) is 0.793. The van der Waals surface area contributed by atoms with E-state index in [-0.39, 0.29) is 0 Å². The van der Waals surface area contributed by atoms with Gasteiger partial charge in [0.1, 0.15) is 0 Å². The summed E-state index contributed by atoms with van der Waals surface area (Å²) in [6.45, 7) is 0. The zero-order valence-corrected chi connectivity index (χ0v) is 14.1. The first-order valence-corrected chi connectivity index (χ1v) is 8.53. The predicted molar refractivity (Wildman–Crippen MR) is 83.3 cm³/mol. The molecule has 21 heavy (non-hydrogen) atoms. The van der Waals surface area contributed by atoms with Gasteiger partial charge in [0.05, 0.1) is 6.26 Å². The Kier molecular flexibility index (Phi) is 6.06. The van der Waals surface area contributed by atoms with Gasteiger partial charge in [-0.1, -0.05) is 0 Å². The maximum absolute atomic E-state index is 9.19. The predicted octanol–water partition coefficient (Wildman–Crippen LogP) is 0.466. The van der Waals surface area contributed by atoms with Crippen molar-refractivity contribution in [3.8, 4) is 0 Å². The Morgan fingerprint density at radius 2 is 1.86 bits per heavy atom. The molecule has 1 N–H and O–H groups in total. The molecule has 0 bridgehead atoms. The van der Waals surface area contributed by atoms with E-state index in [4.69, 9.17) is 4.55 Å². The number of aryl methyl sites for hydroxylation is 1. The lowest BCUT2D eigenvalue weighted by molar-refractivity contribution is 0.266. The van der Waals surface area contributed by atoms with E-state index in [0.29, 0.717) is 12.3 Å². The van der Waals surface area contributed by atoms with E-state index in [2.05, 4.69) is 29.0 Å². The minimum atomic E-state index is -3.67. The second-order valence-corrected chi connectivity index (χ2v) is 7.10. The molecule has 0 spiro atoms. The summed E-state index contributed by atoms with van der Waals surface area (Å²) in [5, 5.41) is 0. The molecule has 7 nitrogen and oxygen atoms in total. The minimum absolute atomic E-state index is 0.640. The fraction of sp³-hybridized carbons (Fsp3) is 0.692. The first-order chi connectivity index (χ1) is 9.58. The maximum Gasteiger partial charge on any atom is 0.261 e. The van der Waals surface area contributed by atoms with Crippen molar-refractivity contribution in [1.29, 1.82) is 0 Å². The fourth-order valence-corrected chi connectivity index (χ4v) is 2.13. The molecule has 0 saturated carbocycles. The Morgan fingerprint density at radius 3 is 2.33 bits per heavy atom. The molecule has 1 unspecified atom stereocenters. The van der Waals surface area contributed by atoms with Gasteiger partial charge in [-0.25, -0.2) is 9.97 Å². The number of hydrogen-bond acceptors (Lipinski definition) is 6. The van der Waals surface area contributed by atoms with E-state index >= 15 is 0 Å². The normalized spacial score (nSPS) is 17.8. The topological polar surface area (TPSA) is 86.6 Å². The van der Waals surface area contributed by atoms with Crippen LogP contribution < -0.4 is 4.90 Å². The Bertz CT molecular complexity index is 565. The molecule has 8 heteroatoms. The summed E-state index contributed by atoms with van der Waals surface area (Å²) in [5.74, 6) is 0.821. The van der Waals surface area contributed by atoms with Crippen LogP contribution in [-0.4, -0.2) is 68.3 Å². The van der Waals surface area contributed by atoms with Gasteiger partial charge < -0.3 is 9.80 Å². The number of rotatable bonds is 2. The number of fused-ring (bicyclic) bond motifs is 1. The highest BCUT2D eigenvalue weighted by Crippen LogP contribution is 2.22. The lowest BCUT2D eigenvalue weighted by atomic mass is 9.92. The Balaban J connectivity index is 0.000000383. The van der Waals surface area contributed by atoms with E-state index in [1.165, 1.54) is 17.7 Å². The third-order valence-corrected chi connectivity index (χ3v) is 3.24. The van der Waals surface area contributed by atoms with E-state index in [0.717, 1.165) is 18.8 Å². The van der Waals surface area contributed by atoms with E-state index in [1.54, 1.807) is 0 Å². The molecule has 2 rings (SSSR count). The second kappa shape index (κ2) is 7.15. The molecular weight excluding hydrogens is 292 g/mol. The average Bonchev–Trinajstić information content (AvgIpc) is 2.35. The van der Waals surface area contributed by atoms with E-state index < -0.39 is 10.1 Å². The zero-order chi connectivity index (χ0) is 16.2. The van der Waals surface area contributed by atoms with Crippen LogP contribution in [0.1, 0.15) is 17.7 Å². The summed E-state index contributed by atoms with van der Waals surface area (Å²) in [4.78, 5) is 13.2. The zero-order valence-electron chi connectivity index (χ0n) is 13.2. The highest BCUT2D eigenvalue weighted by atomic mass is 32.2. The van der Waals surface area contributed by atoms with Crippen molar-refractivity contribution >= 4 is 16.1 Å². The SMILES string of the molecule is CN(C)c1ncc2c(n1)CCC(N(C)C)C2.CS(=O)(=O)O. The summed E-state index contributed by atoms with van der Waals surface area (Å²) in [6.07, 6.45) is 6.06.